The lowest BCUT2D eigenvalue weighted by Crippen LogP contribution is -2.17. The summed E-state index contributed by atoms with van der Waals surface area (Å²) in [4.78, 5) is 15.4. The first kappa shape index (κ1) is 26.6. The molecule has 0 amide bonds. The maximum absolute atomic E-state index is 9.76. The zero-order valence-corrected chi connectivity index (χ0v) is 25.2. The highest BCUT2D eigenvalue weighted by Gasteiger charge is 2.28. The van der Waals surface area contributed by atoms with Gasteiger partial charge in [0, 0.05) is 44.6 Å². The van der Waals surface area contributed by atoms with Crippen molar-refractivity contribution >= 4 is 43.6 Å². The minimum Gasteiger partial charge on any atom is -0.309 e. The minimum absolute atomic E-state index is 0.0283. The monoisotopic (exact) mass is 594 g/mol. The Morgan fingerprint density at radius 1 is 0.609 bits per heavy atom. The molecule has 0 saturated heterocycles. The number of nitrogens with zero attached hydrogens (tertiary/aromatic N) is 6. The smallest absolute Gasteiger partial charge is 0.238 e. The van der Waals surface area contributed by atoms with Crippen LogP contribution in [0.5, 0.6) is 0 Å². The van der Waals surface area contributed by atoms with Gasteiger partial charge in [-0.1, -0.05) is 97.4 Å². The molecule has 8 aromatic rings. The second-order valence-electron chi connectivity index (χ2n) is 12.3. The van der Waals surface area contributed by atoms with Crippen molar-refractivity contribution in [3.05, 3.63) is 127 Å². The van der Waals surface area contributed by atoms with Crippen LogP contribution in [0.15, 0.2) is 121 Å². The van der Waals surface area contributed by atoms with Crippen LogP contribution in [0, 0.1) is 17.2 Å². The molecule has 46 heavy (non-hydrogen) atoms. The van der Waals surface area contributed by atoms with E-state index in [1.165, 1.54) is 27.2 Å². The Hall–Kier alpha value is -5.80. The highest BCUT2D eigenvalue weighted by molar-refractivity contribution is 6.26. The Balaban J connectivity index is 1.38. The SMILES string of the molecule is N#CC1CCCC(c2nc(-c3ccccc3)nc(-n3c4ccccc4c4c3ccc3c5ccccc5n(-c5ccccc5)c34)n2)C1. The molecule has 9 rings (SSSR count). The summed E-state index contributed by atoms with van der Waals surface area (Å²) < 4.78 is 4.60. The lowest BCUT2D eigenvalue weighted by atomic mass is 9.82. The van der Waals surface area contributed by atoms with Crippen LogP contribution in [0.25, 0.3) is 66.6 Å². The largest absolute Gasteiger partial charge is 0.309 e. The number of fused-ring (bicyclic) bond motifs is 7. The highest BCUT2D eigenvalue weighted by atomic mass is 15.2. The van der Waals surface area contributed by atoms with E-state index in [0.717, 1.165) is 59.2 Å². The molecule has 2 atom stereocenters. The van der Waals surface area contributed by atoms with Crippen molar-refractivity contribution in [3.63, 3.8) is 0 Å². The summed E-state index contributed by atoms with van der Waals surface area (Å²) in [6, 6.07) is 44.9. The van der Waals surface area contributed by atoms with Gasteiger partial charge in [0.2, 0.25) is 5.95 Å². The number of benzene rings is 5. The topological polar surface area (TPSA) is 72.3 Å². The number of nitriles is 1. The van der Waals surface area contributed by atoms with Crippen molar-refractivity contribution in [3.8, 4) is 29.1 Å². The molecular weight excluding hydrogens is 564 g/mol. The Labute approximate surface area is 266 Å². The number of hydrogen-bond acceptors (Lipinski definition) is 4. The molecule has 0 N–H and O–H groups in total. The summed E-state index contributed by atoms with van der Waals surface area (Å²) in [6.45, 7) is 0. The quantitative estimate of drug-likeness (QED) is 0.203. The van der Waals surface area contributed by atoms with Gasteiger partial charge in [0.1, 0.15) is 5.82 Å². The predicted molar refractivity (Wildman–Crippen MR) is 184 cm³/mol. The lowest BCUT2D eigenvalue weighted by Gasteiger charge is -2.24. The van der Waals surface area contributed by atoms with Crippen molar-refractivity contribution in [2.45, 2.75) is 31.6 Å². The fourth-order valence-corrected chi connectivity index (χ4v) is 7.49. The maximum Gasteiger partial charge on any atom is 0.238 e. The van der Waals surface area contributed by atoms with E-state index in [1.807, 2.05) is 18.2 Å². The van der Waals surface area contributed by atoms with E-state index in [-0.39, 0.29) is 11.8 Å². The van der Waals surface area contributed by atoms with Crippen molar-refractivity contribution < 1.29 is 0 Å². The van der Waals surface area contributed by atoms with Gasteiger partial charge in [-0.15, -0.1) is 0 Å². The summed E-state index contributed by atoms with van der Waals surface area (Å²) in [6.07, 6.45) is 3.69. The third-order valence-corrected chi connectivity index (χ3v) is 9.58. The van der Waals surface area contributed by atoms with Gasteiger partial charge in [-0.3, -0.25) is 4.57 Å². The molecule has 5 aromatic carbocycles. The van der Waals surface area contributed by atoms with Gasteiger partial charge in [0.05, 0.1) is 28.1 Å². The fourth-order valence-electron chi connectivity index (χ4n) is 7.49. The summed E-state index contributed by atoms with van der Waals surface area (Å²) in [5.41, 5.74) is 6.50. The first-order valence-electron chi connectivity index (χ1n) is 16.0. The molecule has 0 radical (unpaired) electrons. The molecule has 0 spiro atoms. The minimum atomic E-state index is 0.0283. The second kappa shape index (κ2) is 10.7. The van der Waals surface area contributed by atoms with Crippen LogP contribution in [0.2, 0.25) is 0 Å². The van der Waals surface area contributed by atoms with E-state index >= 15 is 0 Å². The molecule has 6 heteroatoms. The molecule has 6 nitrogen and oxygen atoms in total. The van der Waals surface area contributed by atoms with Gasteiger partial charge in [0.25, 0.3) is 0 Å². The Morgan fingerprint density at radius 2 is 1.30 bits per heavy atom. The number of hydrogen-bond donors (Lipinski definition) is 0. The number of rotatable bonds is 4. The van der Waals surface area contributed by atoms with E-state index in [0.29, 0.717) is 11.8 Å². The third kappa shape index (κ3) is 4.13. The van der Waals surface area contributed by atoms with Crippen LogP contribution in [-0.4, -0.2) is 24.1 Å². The Kier molecular flexibility index (Phi) is 6.17. The lowest BCUT2D eigenvalue weighted by molar-refractivity contribution is 0.368. The van der Waals surface area contributed by atoms with E-state index in [2.05, 4.69) is 118 Å². The van der Waals surface area contributed by atoms with Gasteiger partial charge >= 0.3 is 0 Å². The number of para-hydroxylation sites is 3. The van der Waals surface area contributed by atoms with E-state index in [9.17, 15) is 5.26 Å². The predicted octanol–water partition coefficient (Wildman–Crippen LogP) is 9.53. The molecule has 3 heterocycles. The van der Waals surface area contributed by atoms with E-state index in [1.54, 1.807) is 0 Å². The van der Waals surface area contributed by atoms with Crippen LogP contribution in [0.3, 0.4) is 0 Å². The highest BCUT2D eigenvalue weighted by Crippen LogP contribution is 2.42. The van der Waals surface area contributed by atoms with Crippen LogP contribution < -0.4 is 0 Å². The molecular formula is C40H30N6. The van der Waals surface area contributed by atoms with E-state index in [4.69, 9.17) is 15.0 Å². The molecule has 0 aliphatic heterocycles. The first-order valence-corrected chi connectivity index (χ1v) is 16.0. The van der Waals surface area contributed by atoms with Crippen molar-refractivity contribution in [2.75, 3.05) is 0 Å². The van der Waals surface area contributed by atoms with Crippen molar-refractivity contribution in [1.82, 2.24) is 24.1 Å². The normalized spacial score (nSPS) is 16.8. The summed E-state index contributed by atoms with van der Waals surface area (Å²) in [5.74, 6) is 2.18. The average Bonchev–Trinajstić information content (AvgIpc) is 3.65. The first-order chi connectivity index (χ1) is 22.8. The molecule has 3 aromatic heterocycles. The summed E-state index contributed by atoms with van der Waals surface area (Å²) in [7, 11) is 0. The Bertz CT molecular complexity index is 2450. The van der Waals surface area contributed by atoms with Crippen molar-refractivity contribution in [1.29, 1.82) is 5.26 Å². The number of aromatic nitrogens is 5. The Morgan fingerprint density at radius 3 is 2.09 bits per heavy atom. The van der Waals surface area contributed by atoms with Crippen LogP contribution in [0.4, 0.5) is 0 Å². The summed E-state index contributed by atoms with van der Waals surface area (Å²) >= 11 is 0. The van der Waals surface area contributed by atoms with Gasteiger partial charge in [-0.05, 0) is 49.6 Å². The second-order valence-corrected chi connectivity index (χ2v) is 12.3. The molecule has 220 valence electrons. The summed E-state index contributed by atoms with van der Waals surface area (Å²) in [5, 5.41) is 14.5. The van der Waals surface area contributed by atoms with Gasteiger partial charge in [-0.2, -0.15) is 15.2 Å². The molecule has 1 aliphatic carbocycles. The fraction of sp³-hybridized carbons (Fsp3) is 0.150. The van der Waals surface area contributed by atoms with E-state index < -0.39 is 0 Å². The zero-order chi connectivity index (χ0) is 30.6. The van der Waals surface area contributed by atoms with Crippen LogP contribution >= 0.6 is 0 Å². The maximum atomic E-state index is 9.76. The standard InChI is InChI=1S/C40H30N6/c41-25-26-12-11-15-28(24-26)39-42-38(27-13-3-1-4-14-27)43-40(44-39)46-34-21-10-8-19-32(34)36-35(46)23-22-31-30-18-7-9-20-33(30)45(37(31)36)29-16-5-2-6-17-29/h1-10,13-14,16-23,26,28H,11-12,15,24H2. The average molecular weight is 595 g/mol. The molecule has 1 fully saturated rings. The van der Waals surface area contributed by atoms with Gasteiger partial charge in [0.15, 0.2) is 5.82 Å². The molecule has 1 aliphatic rings. The zero-order valence-electron chi connectivity index (χ0n) is 25.2. The van der Waals surface area contributed by atoms with Crippen LogP contribution in [-0.2, 0) is 0 Å². The molecule has 2 unspecified atom stereocenters. The van der Waals surface area contributed by atoms with Gasteiger partial charge in [-0.25, -0.2) is 4.98 Å². The molecule has 0 bridgehead atoms. The molecule has 1 saturated carbocycles. The van der Waals surface area contributed by atoms with Gasteiger partial charge < -0.3 is 4.57 Å². The third-order valence-electron chi connectivity index (χ3n) is 9.58. The van der Waals surface area contributed by atoms with Crippen molar-refractivity contribution in [2.24, 2.45) is 5.92 Å². The van der Waals surface area contributed by atoms with Crippen LogP contribution in [0.1, 0.15) is 37.4 Å².